The van der Waals surface area contributed by atoms with Crippen LogP contribution >= 0.6 is 0 Å². The van der Waals surface area contributed by atoms with Crippen LogP contribution < -0.4 is 15.5 Å². The summed E-state index contributed by atoms with van der Waals surface area (Å²) in [5.41, 5.74) is 2.66. The molecule has 0 aromatic heterocycles. The van der Waals surface area contributed by atoms with Crippen LogP contribution in [0.25, 0.3) is 0 Å². The quantitative estimate of drug-likeness (QED) is 0.738. The molecule has 1 heterocycles. The lowest BCUT2D eigenvalue weighted by Gasteiger charge is -2.30. The number of carbonyl (C=O) groups is 2. The van der Waals surface area contributed by atoms with Crippen LogP contribution in [0.3, 0.4) is 0 Å². The zero-order valence-electron chi connectivity index (χ0n) is 16.7. The highest BCUT2D eigenvalue weighted by atomic mass is 16.5. The summed E-state index contributed by atoms with van der Waals surface area (Å²) in [6.45, 7) is 5.00. The topological polar surface area (TPSA) is 70.7 Å². The average molecular weight is 393 g/mol. The van der Waals surface area contributed by atoms with E-state index in [1.807, 2.05) is 48.5 Å². The Balaban J connectivity index is 1.46. The lowest BCUT2D eigenvalue weighted by Crippen LogP contribution is -2.38. The molecule has 0 atom stereocenters. The van der Waals surface area contributed by atoms with Gasteiger partial charge in [0.25, 0.3) is 0 Å². The minimum atomic E-state index is -0.985. The molecule has 4 rings (SSSR count). The molecule has 1 aliphatic heterocycles. The normalized spacial score (nSPS) is 17.5. The molecule has 1 saturated carbocycles. The number of rotatable bonds is 6. The summed E-state index contributed by atoms with van der Waals surface area (Å²) in [7, 11) is 0. The second-order valence-corrected chi connectivity index (χ2v) is 7.66. The third-order valence-corrected chi connectivity index (χ3v) is 5.74. The highest BCUT2D eigenvalue weighted by Gasteiger charge is 2.56. The fourth-order valence-corrected chi connectivity index (χ4v) is 3.66. The molecular formula is C23H27N3O3. The molecule has 6 nitrogen and oxygen atoms in total. The molecule has 2 aliphatic rings. The van der Waals surface area contributed by atoms with E-state index in [4.69, 9.17) is 4.74 Å². The first-order valence-corrected chi connectivity index (χ1v) is 10.3. The zero-order valence-corrected chi connectivity index (χ0v) is 16.7. The van der Waals surface area contributed by atoms with Crippen molar-refractivity contribution in [1.82, 2.24) is 0 Å². The van der Waals surface area contributed by atoms with E-state index < -0.39 is 5.41 Å². The zero-order chi connectivity index (χ0) is 20.3. The Bertz CT molecular complexity index is 884. The molecule has 2 amide bonds. The maximum absolute atomic E-state index is 13.0. The van der Waals surface area contributed by atoms with E-state index in [1.54, 1.807) is 0 Å². The van der Waals surface area contributed by atoms with E-state index >= 15 is 0 Å². The fourth-order valence-electron chi connectivity index (χ4n) is 3.66. The van der Waals surface area contributed by atoms with Crippen molar-refractivity contribution >= 4 is 28.9 Å². The number of hydrogen-bond acceptors (Lipinski definition) is 4. The first-order valence-electron chi connectivity index (χ1n) is 10.3. The van der Waals surface area contributed by atoms with Gasteiger partial charge in [-0.15, -0.1) is 0 Å². The predicted molar refractivity (Wildman–Crippen MR) is 114 cm³/mol. The minimum absolute atomic E-state index is 0.233. The molecule has 1 saturated heterocycles. The maximum atomic E-state index is 13.0. The summed E-state index contributed by atoms with van der Waals surface area (Å²) >= 11 is 0. The molecule has 0 bridgehead atoms. The maximum Gasteiger partial charge on any atom is 0.240 e. The molecule has 29 heavy (non-hydrogen) atoms. The van der Waals surface area contributed by atoms with Crippen molar-refractivity contribution in [2.75, 3.05) is 41.8 Å². The fraction of sp³-hybridized carbons (Fsp3) is 0.391. The molecule has 0 unspecified atom stereocenters. The number of para-hydroxylation sites is 2. The molecule has 6 heteroatoms. The second-order valence-electron chi connectivity index (χ2n) is 7.66. The van der Waals surface area contributed by atoms with Gasteiger partial charge in [-0.05, 0) is 49.1 Å². The Morgan fingerprint density at radius 2 is 1.62 bits per heavy atom. The molecule has 0 spiro atoms. The van der Waals surface area contributed by atoms with Gasteiger partial charge in [0.05, 0.1) is 24.6 Å². The van der Waals surface area contributed by atoms with Crippen molar-refractivity contribution in [2.24, 2.45) is 5.41 Å². The molecule has 2 aromatic rings. The SMILES string of the molecule is CCc1ccc(NC(=O)C2(C(=O)Nc3ccccc3N3CCOCC3)CC2)cc1. The van der Waals surface area contributed by atoms with Gasteiger partial charge in [-0.25, -0.2) is 0 Å². The van der Waals surface area contributed by atoms with Crippen molar-refractivity contribution in [3.8, 4) is 0 Å². The number of benzene rings is 2. The summed E-state index contributed by atoms with van der Waals surface area (Å²) in [6.07, 6.45) is 2.08. The Hall–Kier alpha value is -2.86. The summed E-state index contributed by atoms with van der Waals surface area (Å²) in [6, 6.07) is 15.5. The number of nitrogens with zero attached hydrogens (tertiary/aromatic N) is 1. The van der Waals surface area contributed by atoms with Crippen molar-refractivity contribution in [2.45, 2.75) is 26.2 Å². The van der Waals surface area contributed by atoms with Crippen LogP contribution in [0.5, 0.6) is 0 Å². The van der Waals surface area contributed by atoms with Crippen LogP contribution in [-0.2, 0) is 20.7 Å². The van der Waals surface area contributed by atoms with Crippen molar-refractivity contribution in [3.05, 3.63) is 54.1 Å². The van der Waals surface area contributed by atoms with E-state index in [1.165, 1.54) is 5.56 Å². The lowest BCUT2D eigenvalue weighted by molar-refractivity contribution is -0.131. The van der Waals surface area contributed by atoms with Gasteiger partial charge >= 0.3 is 0 Å². The van der Waals surface area contributed by atoms with Gasteiger partial charge in [-0.3, -0.25) is 9.59 Å². The van der Waals surface area contributed by atoms with Crippen LogP contribution in [-0.4, -0.2) is 38.1 Å². The van der Waals surface area contributed by atoms with Crippen molar-refractivity contribution in [3.63, 3.8) is 0 Å². The highest BCUT2D eigenvalue weighted by Crippen LogP contribution is 2.48. The smallest absolute Gasteiger partial charge is 0.240 e. The van der Waals surface area contributed by atoms with Crippen LogP contribution in [0.4, 0.5) is 17.1 Å². The molecular weight excluding hydrogens is 366 g/mol. The number of morpholine rings is 1. The van der Waals surface area contributed by atoms with Crippen LogP contribution in [0, 0.1) is 5.41 Å². The summed E-state index contributed by atoms with van der Waals surface area (Å²) in [4.78, 5) is 28.1. The first kappa shape index (κ1) is 19.5. The largest absolute Gasteiger partial charge is 0.378 e. The van der Waals surface area contributed by atoms with Crippen molar-refractivity contribution < 1.29 is 14.3 Å². The predicted octanol–water partition coefficient (Wildman–Crippen LogP) is 3.44. The molecule has 2 aromatic carbocycles. The Morgan fingerprint density at radius 3 is 2.28 bits per heavy atom. The van der Waals surface area contributed by atoms with Crippen LogP contribution in [0.2, 0.25) is 0 Å². The standard InChI is InChI=1S/C23H27N3O3/c1-2-17-7-9-18(10-8-17)24-21(27)23(11-12-23)22(28)25-19-5-3-4-6-20(19)26-13-15-29-16-14-26/h3-10H,2,11-16H2,1H3,(H,24,27)(H,25,28). The van der Waals surface area contributed by atoms with Gasteiger partial charge in [0.1, 0.15) is 5.41 Å². The van der Waals surface area contributed by atoms with Gasteiger partial charge in [0, 0.05) is 18.8 Å². The van der Waals surface area contributed by atoms with Crippen LogP contribution in [0.15, 0.2) is 48.5 Å². The Kier molecular flexibility index (Phi) is 5.53. The monoisotopic (exact) mass is 393 g/mol. The summed E-state index contributed by atoms with van der Waals surface area (Å²) < 4.78 is 5.43. The third kappa shape index (κ3) is 4.12. The number of anilines is 3. The summed E-state index contributed by atoms with van der Waals surface area (Å²) in [5, 5.41) is 5.93. The molecule has 1 aliphatic carbocycles. The van der Waals surface area contributed by atoms with Gasteiger partial charge in [0.2, 0.25) is 11.8 Å². The number of ether oxygens (including phenoxy) is 1. The van der Waals surface area contributed by atoms with E-state index in [0.717, 1.165) is 36.6 Å². The first-order chi connectivity index (χ1) is 14.1. The van der Waals surface area contributed by atoms with E-state index in [2.05, 4.69) is 22.5 Å². The van der Waals surface area contributed by atoms with E-state index in [9.17, 15) is 9.59 Å². The average Bonchev–Trinajstić information content (AvgIpc) is 3.58. The number of aryl methyl sites for hydroxylation is 1. The summed E-state index contributed by atoms with van der Waals surface area (Å²) in [5.74, 6) is -0.469. The van der Waals surface area contributed by atoms with E-state index in [0.29, 0.717) is 26.1 Å². The molecule has 0 radical (unpaired) electrons. The van der Waals surface area contributed by atoms with Gasteiger partial charge in [-0.1, -0.05) is 31.2 Å². The lowest BCUT2D eigenvalue weighted by atomic mass is 10.0. The number of nitrogens with one attached hydrogen (secondary N) is 2. The second kappa shape index (κ2) is 8.25. The van der Waals surface area contributed by atoms with Gasteiger partial charge in [0.15, 0.2) is 0 Å². The highest BCUT2D eigenvalue weighted by molar-refractivity contribution is 6.17. The molecule has 2 fully saturated rings. The van der Waals surface area contributed by atoms with E-state index in [-0.39, 0.29) is 11.8 Å². The molecule has 2 N–H and O–H groups in total. The Morgan fingerprint density at radius 1 is 0.966 bits per heavy atom. The Labute approximate surface area is 171 Å². The van der Waals surface area contributed by atoms with Gasteiger partial charge in [-0.2, -0.15) is 0 Å². The number of amides is 2. The number of carbonyl (C=O) groups excluding carboxylic acids is 2. The molecule has 152 valence electrons. The van der Waals surface area contributed by atoms with Crippen molar-refractivity contribution in [1.29, 1.82) is 0 Å². The third-order valence-electron chi connectivity index (χ3n) is 5.74. The number of hydrogen-bond donors (Lipinski definition) is 2. The van der Waals surface area contributed by atoms with Crippen LogP contribution in [0.1, 0.15) is 25.3 Å². The van der Waals surface area contributed by atoms with Gasteiger partial charge < -0.3 is 20.3 Å². The minimum Gasteiger partial charge on any atom is -0.378 e.